The van der Waals surface area contributed by atoms with Gasteiger partial charge in [0.15, 0.2) is 0 Å². The third kappa shape index (κ3) is 2.97. The highest BCUT2D eigenvalue weighted by Crippen LogP contribution is 2.14. The van der Waals surface area contributed by atoms with Gasteiger partial charge in [0.05, 0.1) is 0 Å². The Bertz CT molecular complexity index is 317. The lowest BCUT2D eigenvalue weighted by molar-refractivity contribution is 0.196. The highest BCUT2D eigenvalue weighted by Gasteiger charge is 2.17. The summed E-state index contributed by atoms with van der Waals surface area (Å²) in [5.74, 6) is 0.339. The Hall–Kier alpha value is -1.06. The maximum atomic E-state index is 9.22. The van der Waals surface area contributed by atoms with Crippen LogP contribution in [0.3, 0.4) is 0 Å². The number of phenols is 1. The first kappa shape index (κ1) is 11.4. The minimum atomic E-state index is 0.339. The number of nitrogens with zero attached hydrogens (tertiary/aromatic N) is 1. The predicted octanol–water partition coefficient (Wildman–Crippen LogP) is 1.58. The van der Waals surface area contributed by atoms with Gasteiger partial charge in [0.1, 0.15) is 5.75 Å². The van der Waals surface area contributed by atoms with Gasteiger partial charge in [-0.2, -0.15) is 0 Å². The van der Waals surface area contributed by atoms with E-state index in [9.17, 15) is 5.11 Å². The topological polar surface area (TPSA) is 35.5 Å². The van der Waals surface area contributed by atoms with E-state index in [-0.39, 0.29) is 0 Å². The van der Waals surface area contributed by atoms with Gasteiger partial charge in [0, 0.05) is 19.1 Å². The molecule has 0 saturated carbocycles. The van der Waals surface area contributed by atoms with E-state index in [0.717, 1.165) is 19.6 Å². The van der Waals surface area contributed by atoms with Crippen LogP contribution in [0, 0.1) is 0 Å². The van der Waals surface area contributed by atoms with Crippen molar-refractivity contribution in [2.45, 2.75) is 25.4 Å². The van der Waals surface area contributed by atoms with E-state index in [1.807, 2.05) is 12.1 Å². The number of rotatable bonds is 3. The van der Waals surface area contributed by atoms with E-state index in [4.69, 9.17) is 0 Å². The van der Waals surface area contributed by atoms with Gasteiger partial charge in [-0.3, -0.25) is 4.90 Å². The molecule has 1 fully saturated rings. The summed E-state index contributed by atoms with van der Waals surface area (Å²) in [5, 5.41) is 12.6. The number of benzene rings is 1. The number of nitrogens with one attached hydrogen (secondary N) is 1. The Morgan fingerprint density at radius 1 is 1.38 bits per heavy atom. The van der Waals surface area contributed by atoms with Crippen LogP contribution >= 0.6 is 0 Å². The molecule has 0 radical (unpaired) electrons. The smallest absolute Gasteiger partial charge is 0.115 e. The number of hydrogen-bond donors (Lipinski definition) is 2. The van der Waals surface area contributed by atoms with Gasteiger partial charge in [-0.1, -0.05) is 12.1 Å². The van der Waals surface area contributed by atoms with E-state index in [0.29, 0.717) is 11.8 Å². The second-order valence-electron chi connectivity index (χ2n) is 4.58. The number of hydrogen-bond acceptors (Lipinski definition) is 3. The Balaban J connectivity index is 1.90. The van der Waals surface area contributed by atoms with Crippen molar-refractivity contribution in [1.82, 2.24) is 10.2 Å². The summed E-state index contributed by atoms with van der Waals surface area (Å²) in [7, 11) is 2.17. The summed E-state index contributed by atoms with van der Waals surface area (Å²) in [5.41, 5.74) is 1.26. The fourth-order valence-electron chi connectivity index (χ4n) is 2.23. The van der Waals surface area contributed by atoms with Gasteiger partial charge in [-0.25, -0.2) is 0 Å². The molecule has 1 aliphatic heterocycles. The van der Waals surface area contributed by atoms with Crippen molar-refractivity contribution in [2.24, 2.45) is 0 Å². The molecule has 0 aromatic heterocycles. The molecular weight excluding hydrogens is 200 g/mol. The molecule has 0 spiro atoms. The van der Waals surface area contributed by atoms with Crippen LogP contribution in [0.5, 0.6) is 5.75 Å². The van der Waals surface area contributed by atoms with Crippen molar-refractivity contribution in [3.05, 3.63) is 29.8 Å². The molecule has 0 bridgehead atoms. The number of aromatic hydroxyl groups is 1. The van der Waals surface area contributed by atoms with E-state index in [1.54, 1.807) is 12.1 Å². The van der Waals surface area contributed by atoms with Crippen LogP contribution in [-0.4, -0.2) is 36.2 Å². The summed E-state index contributed by atoms with van der Waals surface area (Å²) in [4.78, 5) is 2.39. The van der Waals surface area contributed by atoms with E-state index in [2.05, 4.69) is 17.3 Å². The van der Waals surface area contributed by atoms with Crippen molar-refractivity contribution in [3.63, 3.8) is 0 Å². The predicted molar refractivity (Wildman–Crippen MR) is 65.5 cm³/mol. The van der Waals surface area contributed by atoms with Crippen LogP contribution in [0.4, 0.5) is 0 Å². The molecule has 1 aromatic carbocycles. The van der Waals surface area contributed by atoms with Crippen molar-refractivity contribution in [3.8, 4) is 5.75 Å². The van der Waals surface area contributed by atoms with Gasteiger partial charge in [0.25, 0.3) is 0 Å². The van der Waals surface area contributed by atoms with Gasteiger partial charge in [-0.15, -0.1) is 0 Å². The number of likely N-dealkylation sites (N-methyl/N-ethyl adjacent to an activating group) is 1. The van der Waals surface area contributed by atoms with E-state index in [1.165, 1.54) is 18.4 Å². The zero-order valence-electron chi connectivity index (χ0n) is 9.82. The second kappa shape index (κ2) is 5.32. The Labute approximate surface area is 97.1 Å². The zero-order valence-corrected chi connectivity index (χ0v) is 9.82. The van der Waals surface area contributed by atoms with E-state index >= 15 is 0 Å². The molecule has 16 heavy (non-hydrogen) atoms. The molecule has 0 amide bonds. The van der Waals surface area contributed by atoms with Crippen LogP contribution in [0.15, 0.2) is 24.3 Å². The molecule has 88 valence electrons. The van der Waals surface area contributed by atoms with Crippen molar-refractivity contribution >= 4 is 0 Å². The summed E-state index contributed by atoms with van der Waals surface area (Å²) < 4.78 is 0. The van der Waals surface area contributed by atoms with Gasteiger partial charge >= 0.3 is 0 Å². The van der Waals surface area contributed by atoms with Crippen LogP contribution in [0.1, 0.15) is 18.4 Å². The first-order valence-electron chi connectivity index (χ1n) is 5.94. The standard InChI is InChI=1S/C13H20N2O/c1-15(12-3-2-8-14-9-12)10-11-4-6-13(16)7-5-11/h4-7,12,14,16H,2-3,8-10H2,1H3. The molecule has 1 atom stereocenters. The van der Waals surface area contributed by atoms with Crippen LogP contribution < -0.4 is 5.32 Å². The lowest BCUT2D eigenvalue weighted by atomic mass is 10.1. The fourth-order valence-corrected chi connectivity index (χ4v) is 2.23. The third-order valence-corrected chi connectivity index (χ3v) is 3.26. The minimum Gasteiger partial charge on any atom is -0.508 e. The molecule has 0 aliphatic carbocycles. The Morgan fingerprint density at radius 3 is 2.75 bits per heavy atom. The van der Waals surface area contributed by atoms with Crippen LogP contribution in [0.2, 0.25) is 0 Å². The maximum Gasteiger partial charge on any atom is 0.115 e. The number of piperidine rings is 1. The molecular formula is C13H20N2O. The summed E-state index contributed by atoms with van der Waals surface area (Å²) in [6.07, 6.45) is 2.55. The first-order chi connectivity index (χ1) is 7.75. The van der Waals surface area contributed by atoms with Crippen molar-refractivity contribution in [1.29, 1.82) is 0 Å². The van der Waals surface area contributed by atoms with Gasteiger partial charge in [0.2, 0.25) is 0 Å². The van der Waals surface area contributed by atoms with E-state index < -0.39 is 0 Å². The van der Waals surface area contributed by atoms with Gasteiger partial charge < -0.3 is 10.4 Å². The molecule has 1 saturated heterocycles. The lowest BCUT2D eigenvalue weighted by Gasteiger charge is -2.31. The molecule has 2 rings (SSSR count). The number of phenolic OH excluding ortho intramolecular Hbond substituents is 1. The highest BCUT2D eigenvalue weighted by atomic mass is 16.3. The SMILES string of the molecule is CN(Cc1ccc(O)cc1)C1CCCNC1. The summed E-state index contributed by atoms with van der Waals surface area (Å²) in [6.45, 7) is 3.20. The third-order valence-electron chi connectivity index (χ3n) is 3.26. The summed E-state index contributed by atoms with van der Waals surface area (Å²) in [6, 6.07) is 8.12. The average Bonchev–Trinajstić information content (AvgIpc) is 2.33. The first-order valence-corrected chi connectivity index (χ1v) is 5.94. The zero-order chi connectivity index (χ0) is 11.4. The maximum absolute atomic E-state index is 9.22. The largest absolute Gasteiger partial charge is 0.508 e. The average molecular weight is 220 g/mol. The monoisotopic (exact) mass is 220 g/mol. The van der Waals surface area contributed by atoms with Crippen LogP contribution in [-0.2, 0) is 6.54 Å². The van der Waals surface area contributed by atoms with Crippen LogP contribution in [0.25, 0.3) is 0 Å². The highest BCUT2D eigenvalue weighted by molar-refractivity contribution is 5.25. The Morgan fingerprint density at radius 2 is 2.12 bits per heavy atom. The Kier molecular flexibility index (Phi) is 3.80. The van der Waals surface area contributed by atoms with Crippen molar-refractivity contribution < 1.29 is 5.11 Å². The summed E-state index contributed by atoms with van der Waals surface area (Å²) >= 11 is 0. The van der Waals surface area contributed by atoms with Crippen molar-refractivity contribution in [2.75, 3.05) is 20.1 Å². The normalized spacial score (nSPS) is 21.2. The molecule has 2 N–H and O–H groups in total. The molecule has 1 heterocycles. The van der Waals surface area contributed by atoms with Gasteiger partial charge in [-0.05, 0) is 44.1 Å². The minimum absolute atomic E-state index is 0.339. The molecule has 1 aromatic rings. The molecule has 3 nitrogen and oxygen atoms in total. The molecule has 1 aliphatic rings. The molecule has 1 unspecified atom stereocenters. The fraction of sp³-hybridized carbons (Fsp3) is 0.538. The quantitative estimate of drug-likeness (QED) is 0.811. The second-order valence-corrected chi connectivity index (χ2v) is 4.58. The molecule has 3 heteroatoms. The lowest BCUT2D eigenvalue weighted by Crippen LogP contribution is -2.43.